The Balaban J connectivity index is 3.67. The van der Waals surface area contributed by atoms with Gasteiger partial charge in [-0.15, -0.1) is 0 Å². The fraction of sp³-hybridized carbons (Fsp3) is 0.923. The Morgan fingerprint density at radius 1 is 1.06 bits per heavy atom. The number of aliphatic hydroxyl groups is 1. The topological polar surface area (TPSA) is 57.5 Å². The van der Waals surface area contributed by atoms with Crippen molar-refractivity contribution in [3.05, 3.63) is 0 Å². The number of rotatable bonds is 11. The summed E-state index contributed by atoms with van der Waals surface area (Å²) in [6, 6.07) is 0. The highest BCUT2D eigenvalue weighted by atomic mass is 16.4. The Labute approximate surface area is 98.9 Å². The third kappa shape index (κ3) is 9.97. The molecule has 96 valence electrons. The minimum Gasteiger partial charge on any atom is -0.481 e. The van der Waals surface area contributed by atoms with Crippen LogP contribution in [0, 0.1) is 5.92 Å². The Hall–Kier alpha value is -0.570. The molecule has 0 aliphatic rings. The molecule has 0 bridgehead atoms. The molecule has 0 amide bonds. The van der Waals surface area contributed by atoms with Crippen LogP contribution in [0.3, 0.4) is 0 Å². The first-order chi connectivity index (χ1) is 7.70. The molecule has 0 saturated heterocycles. The molecule has 1 unspecified atom stereocenters. The Morgan fingerprint density at radius 2 is 1.69 bits per heavy atom. The summed E-state index contributed by atoms with van der Waals surface area (Å²) in [5, 5.41) is 17.5. The fourth-order valence-electron chi connectivity index (χ4n) is 2.00. The standard InChI is InChI=1S/C13H26O3/c1-2-3-4-5-8-12(11-13(15)16)9-6-7-10-14/h12,14H,2-11H2,1H3,(H,15,16). The fourth-order valence-corrected chi connectivity index (χ4v) is 2.00. The maximum atomic E-state index is 10.7. The van der Waals surface area contributed by atoms with Gasteiger partial charge in [0.25, 0.3) is 0 Å². The second kappa shape index (κ2) is 10.9. The number of carbonyl (C=O) groups is 1. The van der Waals surface area contributed by atoms with Crippen molar-refractivity contribution in [2.75, 3.05) is 6.61 Å². The first-order valence-electron chi connectivity index (χ1n) is 6.53. The van der Waals surface area contributed by atoms with E-state index in [-0.39, 0.29) is 13.0 Å². The van der Waals surface area contributed by atoms with Crippen LogP contribution in [-0.2, 0) is 4.79 Å². The van der Waals surface area contributed by atoms with E-state index in [1.165, 1.54) is 19.3 Å². The van der Waals surface area contributed by atoms with E-state index in [4.69, 9.17) is 10.2 Å². The third-order valence-corrected chi connectivity index (χ3v) is 2.95. The zero-order chi connectivity index (χ0) is 12.2. The number of unbranched alkanes of at least 4 members (excludes halogenated alkanes) is 4. The second-order valence-corrected chi connectivity index (χ2v) is 4.53. The van der Waals surface area contributed by atoms with E-state index in [1.54, 1.807) is 0 Å². The molecule has 16 heavy (non-hydrogen) atoms. The van der Waals surface area contributed by atoms with Crippen LogP contribution in [0.5, 0.6) is 0 Å². The van der Waals surface area contributed by atoms with Crippen molar-refractivity contribution in [3.8, 4) is 0 Å². The van der Waals surface area contributed by atoms with E-state index in [2.05, 4.69) is 6.92 Å². The molecule has 3 nitrogen and oxygen atoms in total. The minimum absolute atomic E-state index is 0.218. The highest BCUT2D eigenvalue weighted by Crippen LogP contribution is 2.20. The predicted octanol–water partition coefficient (Wildman–Crippen LogP) is 3.21. The number of carboxylic acid groups (broad SMARTS) is 1. The van der Waals surface area contributed by atoms with Crippen LogP contribution < -0.4 is 0 Å². The average molecular weight is 230 g/mol. The van der Waals surface area contributed by atoms with E-state index < -0.39 is 5.97 Å². The van der Waals surface area contributed by atoms with Crippen LogP contribution in [-0.4, -0.2) is 22.8 Å². The molecule has 0 rings (SSSR count). The van der Waals surface area contributed by atoms with Crippen LogP contribution in [0.25, 0.3) is 0 Å². The number of hydrogen-bond acceptors (Lipinski definition) is 2. The van der Waals surface area contributed by atoms with Crippen molar-refractivity contribution in [2.24, 2.45) is 5.92 Å². The van der Waals surface area contributed by atoms with Crippen molar-refractivity contribution >= 4 is 5.97 Å². The van der Waals surface area contributed by atoms with E-state index >= 15 is 0 Å². The summed E-state index contributed by atoms with van der Waals surface area (Å²) in [7, 11) is 0. The summed E-state index contributed by atoms with van der Waals surface area (Å²) in [5.74, 6) is -0.384. The largest absolute Gasteiger partial charge is 0.481 e. The van der Waals surface area contributed by atoms with Crippen LogP contribution in [0.1, 0.15) is 64.7 Å². The molecular formula is C13H26O3. The van der Waals surface area contributed by atoms with Gasteiger partial charge in [-0.1, -0.05) is 39.0 Å². The van der Waals surface area contributed by atoms with Crippen molar-refractivity contribution in [1.82, 2.24) is 0 Å². The maximum absolute atomic E-state index is 10.7. The Morgan fingerprint density at radius 3 is 2.19 bits per heavy atom. The van der Waals surface area contributed by atoms with Crippen molar-refractivity contribution < 1.29 is 15.0 Å². The first kappa shape index (κ1) is 15.4. The molecule has 0 spiro atoms. The zero-order valence-electron chi connectivity index (χ0n) is 10.5. The Kier molecular flexibility index (Phi) is 10.5. The highest BCUT2D eigenvalue weighted by Gasteiger charge is 2.12. The van der Waals surface area contributed by atoms with Crippen molar-refractivity contribution in [1.29, 1.82) is 0 Å². The van der Waals surface area contributed by atoms with Gasteiger partial charge in [-0.2, -0.15) is 0 Å². The van der Waals surface area contributed by atoms with Crippen LogP contribution in [0.15, 0.2) is 0 Å². The van der Waals surface area contributed by atoms with Gasteiger partial charge in [0.2, 0.25) is 0 Å². The van der Waals surface area contributed by atoms with Gasteiger partial charge in [-0.05, 0) is 25.2 Å². The van der Waals surface area contributed by atoms with Gasteiger partial charge >= 0.3 is 5.97 Å². The molecule has 3 heteroatoms. The van der Waals surface area contributed by atoms with Gasteiger partial charge in [0, 0.05) is 13.0 Å². The number of hydrogen-bond donors (Lipinski definition) is 2. The molecule has 0 fully saturated rings. The van der Waals surface area contributed by atoms with E-state index in [1.807, 2.05) is 0 Å². The summed E-state index contributed by atoms with van der Waals surface area (Å²) in [6.07, 6.45) is 8.82. The zero-order valence-corrected chi connectivity index (χ0v) is 10.5. The molecule has 0 aliphatic carbocycles. The van der Waals surface area contributed by atoms with Crippen molar-refractivity contribution in [2.45, 2.75) is 64.7 Å². The van der Waals surface area contributed by atoms with Gasteiger partial charge in [-0.25, -0.2) is 0 Å². The van der Waals surface area contributed by atoms with Gasteiger partial charge < -0.3 is 10.2 Å². The van der Waals surface area contributed by atoms with Crippen LogP contribution in [0.2, 0.25) is 0 Å². The molecule has 0 aromatic heterocycles. The van der Waals surface area contributed by atoms with Crippen LogP contribution >= 0.6 is 0 Å². The van der Waals surface area contributed by atoms with Gasteiger partial charge in [0.15, 0.2) is 0 Å². The lowest BCUT2D eigenvalue weighted by molar-refractivity contribution is -0.138. The minimum atomic E-state index is -0.690. The number of aliphatic hydroxyl groups excluding tert-OH is 1. The van der Waals surface area contributed by atoms with E-state index in [0.717, 1.165) is 32.1 Å². The lowest BCUT2D eigenvalue weighted by atomic mass is 9.92. The molecule has 0 aromatic carbocycles. The molecule has 0 aromatic rings. The molecule has 0 heterocycles. The highest BCUT2D eigenvalue weighted by molar-refractivity contribution is 5.66. The maximum Gasteiger partial charge on any atom is 0.303 e. The molecule has 1 atom stereocenters. The summed E-state index contributed by atoms with van der Waals surface area (Å²) < 4.78 is 0. The SMILES string of the molecule is CCCCCCC(CCCCO)CC(=O)O. The summed E-state index contributed by atoms with van der Waals surface area (Å²) in [4.78, 5) is 10.7. The summed E-state index contributed by atoms with van der Waals surface area (Å²) in [5.41, 5.74) is 0. The monoisotopic (exact) mass is 230 g/mol. The third-order valence-electron chi connectivity index (χ3n) is 2.95. The first-order valence-corrected chi connectivity index (χ1v) is 6.53. The van der Waals surface area contributed by atoms with Crippen molar-refractivity contribution in [3.63, 3.8) is 0 Å². The normalized spacial score (nSPS) is 12.6. The van der Waals surface area contributed by atoms with Crippen LogP contribution in [0.4, 0.5) is 0 Å². The predicted molar refractivity (Wildman–Crippen MR) is 65.4 cm³/mol. The second-order valence-electron chi connectivity index (χ2n) is 4.53. The molecule has 0 saturated carbocycles. The molecule has 2 N–H and O–H groups in total. The lowest BCUT2D eigenvalue weighted by Crippen LogP contribution is -2.08. The quantitative estimate of drug-likeness (QED) is 0.536. The van der Waals surface area contributed by atoms with E-state index in [0.29, 0.717) is 5.92 Å². The number of aliphatic carboxylic acids is 1. The smallest absolute Gasteiger partial charge is 0.303 e. The summed E-state index contributed by atoms with van der Waals surface area (Å²) >= 11 is 0. The van der Waals surface area contributed by atoms with Gasteiger partial charge in [0.1, 0.15) is 0 Å². The number of carboxylic acids is 1. The van der Waals surface area contributed by atoms with Gasteiger partial charge in [-0.3, -0.25) is 4.79 Å². The molecule has 0 aliphatic heterocycles. The Bertz CT molecular complexity index is 169. The van der Waals surface area contributed by atoms with Gasteiger partial charge in [0.05, 0.1) is 0 Å². The molecular weight excluding hydrogens is 204 g/mol. The summed E-state index contributed by atoms with van der Waals surface area (Å²) in [6.45, 7) is 2.39. The molecule has 0 radical (unpaired) electrons. The van der Waals surface area contributed by atoms with E-state index in [9.17, 15) is 4.79 Å². The average Bonchev–Trinajstić information content (AvgIpc) is 2.23. The lowest BCUT2D eigenvalue weighted by Gasteiger charge is -2.14.